The monoisotopic (exact) mass is 125 g/mol. The standard InChI is InChI=1S/C7H11NO/c1-3-7(9)4-5-8(2)6-7/h1,9H,4-6H2,2H3. The Balaban J connectivity index is 2.58. The van der Waals surface area contributed by atoms with Crippen LogP contribution in [0.4, 0.5) is 0 Å². The predicted molar refractivity (Wildman–Crippen MR) is 35.9 cm³/mol. The fraction of sp³-hybridized carbons (Fsp3) is 0.714. The number of hydrogen-bond acceptors (Lipinski definition) is 2. The van der Waals surface area contributed by atoms with Gasteiger partial charge in [0.25, 0.3) is 0 Å². The maximum Gasteiger partial charge on any atom is 0.139 e. The highest BCUT2D eigenvalue weighted by Crippen LogP contribution is 2.17. The lowest BCUT2D eigenvalue weighted by Crippen LogP contribution is -2.29. The summed E-state index contributed by atoms with van der Waals surface area (Å²) in [6.45, 7) is 1.52. The van der Waals surface area contributed by atoms with Gasteiger partial charge in [-0.25, -0.2) is 0 Å². The van der Waals surface area contributed by atoms with Gasteiger partial charge < -0.3 is 10.0 Å². The first-order valence-electron chi connectivity index (χ1n) is 3.05. The van der Waals surface area contributed by atoms with E-state index in [1.807, 2.05) is 11.9 Å². The molecule has 1 N–H and O–H groups in total. The number of likely N-dealkylation sites (N-methyl/N-ethyl adjacent to an activating group) is 1. The molecule has 0 amide bonds. The van der Waals surface area contributed by atoms with Crippen LogP contribution in [0.2, 0.25) is 0 Å². The molecule has 1 atom stereocenters. The van der Waals surface area contributed by atoms with Gasteiger partial charge in [0.05, 0.1) is 0 Å². The van der Waals surface area contributed by atoms with Crippen LogP contribution in [-0.2, 0) is 0 Å². The molecule has 1 fully saturated rings. The van der Waals surface area contributed by atoms with E-state index in [2.05, 4.69) is 5.92 Å². The van der Waals surface area contributed by atoms with Crippen molar-refractivity contribution in [2.24, 2.45) is 0 Å². The van der Waals surface area contributed by atoms with Crippen molar-refractivity contribution in [2.75, 3.05) is 20.1 Å². The highest BCUT2D eigenvalue weighted by molar-refractivity contribution is 5.11. The van der Waals surface area contributed by atoms with E-state index in [0.717, 1.165) is 6.54 Å². The third-order valence-corrected chi connectivity index (χ3v) is 1.71. The quantitative estimate of drug-likeness (QED) is 0.449. The van der Waals surface area contributed by atoms with Crippen LogP contribution in [0.15, 0.2) is 0 Å². The molecule has 1 heterocycles. The summed E-state index contributed by atoms with van der Waals surface area (Å²) in [5.41, 5.74) is -0.839. The average Bonchev–Trinajstić information content (AvgIpc) is 2.13. The molecule has 9 heavy (non-hydrogen) atoms. The Bertz CT molecular complexity index is 149. The Morgan fingerprint density at radius 2 is 2.44 bits per heavy atom. The van der Waals surface area contributed by atoms with E-state index in [1.165, 1.54) is 0 Å². The van der Waals surface area contributed by atoms with Crippen LogP contribution < -0.4 is 0 Å². The maximum absolute atomic E-state index is 9.39. The first-order chi connectivity index (χ1) is 4.16. The summed E-state index contributed by atoms with van der Waals surface area (Å²) in [4.78, 5) is 2.03. The van der Waals surface area contributed by atoms with Gasteiger partial charge in [-0.2, -0.15) is 0 Å². The molecular weight excluding hydrogens is 114 g/mol. The van der Waals surface area contributed by atoms with E-state index < -0.39 is 5.60 Å². The molecule has 50 valence electrons. The van der Waals surface area contributed by atoms with Crippen molar-refractivity contribution in [3.63, 3.8) is 0 Å². The van der Waals surface area contributed by atoms with Gasteiger partial charge in [-0.15, -0.1) is 6.42 Å². The van der Waals surface area contributed by atoms with Gasteiger partial charge in [0.15, 0.2) is 0 Å². The minimum atomic E-state index is -0.839. The first kappa shape index (κ1) is 6.60. The smallest absolute Gasteiger partial charge is 0.139 e. The molecule has 0 radical (unpaired) electrons. The second-order valence-electron chi connectivity index (χ2n) is 2.66. The van der Waals surface area contributed by atoms with E-state index in [4.69, 9.17) is 6.42 Å². The highest BCUT2D eigenvalue weighted by Gasteiger charge is 2.31. The molecule has 2 heteroatoms. The van der Waals surface area contributed by atoms with E-state index in [9.17, 15) is 5.11 Å². The van der Waals surface area contributed by atoms with Crippen LogP contribution in [0.1, 0.15) is 6.42 Å². The lowest BCUT2D eigenvalue weighted by Gasteiger charge is -2.13. The summed E-state index contributed by atoms with van der Waals surface area (Å²) in [6, 6.07) is 0. The molecular formula is C7H11NO. The van der Waals surface area contributed by atoms with Gasteiger partial charge in [-0.3, -0.25) is 0 Å². The molecule has 0 aromatic carbocycles. The molecule has 1 unspecified atom stereocenters. The minimum absolute atomic E-state index is 0.615. The molecule has 0 bridgehead atoms. The van der Waals surface area contributed by atoms with E-state index >= 15 is 0 Å². The predicted octanol–water partition coefficient (Wildman–Crippen LogP) is -0.314. The number of nitrogens with zero attached hydrogens (tertiary/aromatic N) is 1. The lowest BCUT2D eigenvalue weighted by molar-refractivity contribution is 0.112. The van der Waals surface area contributed by atoms with Crippen LogP contribution in [0.5, 0.6) is 0 Å². The van der Waals surface area contributed by atoms with Crippen LogP contribution in [0, 0.1) is 12.3 Å². The molecule has 0 spiro atoms. The van der Waals surface area contributed by atoms with E-state index in [-0.39, 0.29) is 0 Å². The molecule has 1 aliphatic heterocycles. The summed E-state index contributed by atoms with van der Waals surface area (Å²) in [6.07, 6.45) is 5.81. The zero-order valence-electron chi connectivity index (χ0n) is 5.59. The summed E-state index contributed by atoms with van der Waals surface area (Å²) < 4.78 is 0. The number of hydrogen-bond donors (Lipinski definition) is 1. The number of β-amino-alcohol motifs (C(OH)–C–C–N with tert-alkyl or cyclic N) is 1. The fourth-order valence-corrected chi connectivity index (χ4v) is 1.10. The molecule has 1 aliphatic rings. The van der Waals surface area contributed by atoms with Crippen molar-refractivity contribution in [1.29, 1.82) is 0 Å². The summed E-state index contributed by atoms with van der Waals surface area (Å²) >= 11 is 0. The third kappa shape index (κ3) is 1.24. The Morgan fingerprint density at radius 1 is 1.78 bits per heavy atom. The Hall–Kier alpha value is -0.520. The van der Waals surface area contributed by atoms with Gasteiger partial charge >= 0.3 is 0 Å². The summed E-state index contributed by atoms with van der Waals surface area (Å²) in [7, 11) is 1.95. The largest absolute Gasteiger partial charge is 0.376 e. The van der Waals surface area contributed by atoms with Crippen molar-refractivity contribution < 1.29 is 5.11 Å². The average molecular weight is 125 g/mol. The normalized spacial score (nSPS) is 36.6. The van der Waals surface area contributed by atoms with Crippen molar-refractivity contribution >= 4 is 0 Å². The fourth-order valence-electron chi connectivity index (χ4n) is 1.10. The number of terminal acetylenes is 1. The van der Waals surface area contributed by atoms with Crippen LogP contribution in [0.3, 0.4) is 0 Å². The zero-order valence-corrected chi connectivity index (χ0v) is 5.59. The zero-order chi connectivity index (χ0) is 6.91. The molecule has 0 aliphatic carbocycles. The Morgan fingerprint density at radius 3 is 2.67 bits per heavy atom. The first-order valence-corrected chi connectivity index (χ1v) is 3.05. The topological polar surface area (TPSA) is 23.5 Å². The molecule has 1 rings (SSSR count). The van der Waals surface area contributed by atoms with Crippen molar-refractivity contribution in [2.45, 2.75) is 12.0 Å². The molecule has 0 aromatic heterocycles. The Labute approximate surface area is 55.5 Å². The third-order valence-electron chi connectivity index (χ3n) is 1.71. The summed E-state index contributed by atoms with van der Waals surface area (Å²) in [5, 5.41) is 9.39. The lowest BCUT2D eigenvalue weighted by atomic mass is 10.1. The molecule has 2 nitrogen and oxygen atoms in total. The maximum atomic E-state index is 9.39. The van der Waals surface area contributed by atoms with Gasteiger partial charge in [0.2, 0.25) is 0 Å². The molecule has 0 aromatic rings. The number of rotatable bonds is 0. The molecule has 0 saturated carbocycles. The van der Waals surface area contributed by atoms with Crippen molar-refractivity contribution in [3.8, 4) is 12.3 Å². The van der Waals surface area contributed by atoms with Crippen molar-refractivity contribution in [3.05, 3.63) is 0 Å². The van der Waals surface area contributed by atoms with Gasteiger partial charge in [0.1, 0.15) is 5.60 Å². The van der Waals surface area contributed by atoms with Gasteiger partial charge in [-0.05, 0) is 7.05 Å². The van der Waals surface area contributed by atoms with E-state index in [0.29, 0.717) is 13.0 Å². The highest BCUT2D eigenvalue weighted by atomic mass is 16.3. The van der Waals surface area contributed by atoms with Crippen LogP contribution >= 0.6 is 0 Å². The number of likely N-dealkylation sites (tertiary alicyclic amines) is 1. The Kier molecular flexibility index (Phi) is 1.48. The van der Waals surface area contributed by atoms with Gasteiger partial charge in [-0.1, -0.05) is 5.92 Å². The van der Waals surface area contributed by atoms with Crippen molar-refractivity contribution in [1.82, 2.24) is 4.90 Å². The van der Waals surface area contributed by atoms with Gasteiger partial charge in [0, 0.05) is 19.5 Å². The second kappa shape index (κ2) is 2.02. The number of aliphatic hydroxyl groups is 1. The molecule has 1 saturated heterocycles. The summed E-state index contributed by atoms with van der Waals surface area (Å²) in [5.74, 6) is 2.38. The SMILES string of the molecule is C#CC1(O)CCN(C)C1. The van der Waals surface area contributed by atoms with E-state index in [1.54, 1.807) is 0 Å². The van der Waals surface area contributed by atoms with Crippen LogP contribution in [0.25, 0.3) is 0 Å². The van der Waals surface area contributed by atoms with Crippen LogP contribution in [-0.4, -0.2) is 35.7 Å². The second-order valence-corrected chi connectivity index (χ2v) is 2.66. The minimum Gasteiger partial charge on any atom is -0.376 e.